The lowest BCUT2D eigenvalue weighted by Gasteiger charge is -2.21. The Balaban J connectivity index is 1.40. The van der Waals surface area contributed by atoms with Crippen molar-refractivity contribution in [2.24, 2.45) is 0 Å². The van der Waals surface area contributed by atoms with Gasteiger partial charge >= 0.3 is 0 Å². The van der Waals surface area contributed by atoms with Crippen LogP contribution >= 0.6 is 11.5 Å². The molecular weight excluding hydrogens is 601 g/mol. The minimum atomic E-state index is -4.10. The van der Waals surface area contributed by atoms with Crippen LogP contribution in [0.25, 0.3) is 33.8 Å². The fourth-order valence-corrected chi connectivity index (χ4v) is 6.67. The van der Waals surface area contributed by atoms with Crippen LogP contribution in [0.5, 0.6) is 0 Å². The molecule has 0 spiro atoms. The number of amides is 1. The van der Waals surface area contributed by atoms with Crippen molar-refractivity contribution in [3.05, 3.63) is 107 Å². The Bertz CT molecular complexity index is 2050. The van der Waals surface area contributed by atoms with Gasteiger partial charge in [0.05, 0.1) is 16.8 Å². The number of nitrogens with zero attached hydrogens (tertiary/aromatic N) is 5. The van der Waals surface area contributed by atoms with Crippen molar-refractivity contribution < 1.29 is 22.2 Å². The SMILES string of the molecule is Cc1noc(NS(=O)(=O)c2ccccc2-c2ccc(-c3ncco3)cc2CN(C)C(=O)c2snnc2-c2ccccc2)c1C. The van der Waals surface area contributed by atoms with Crippen molar-refractivity contribution in [3.8, 4) is 33.8 Å². The molecule has 13 heteroatoms. The summed E-state index contributed by atoms with van der Waals surface area (Å²) in [5.41, 5.74) is 4.85. The van der Waals surface area contributed by atoms with E-state index in [1.165, 1.54) is 12.3 Å². The molecule has 0 atom stereocenters. The minimum Gasteiger partial charge on any atom is -0.445 e. The largest absolute Gasteiger partial charge is 0.445 e. The molecule has 44 heavy (non-hydrogen) atoms. The lowest BCUT2D eigenvalue weighted by Crippen LogP contribution is -2.26. The van der Waals surface area contributed by atoms with Crippen molar-refractivity contribution in [1.82, 2.24) is 24.6 Å². The zero-order chi connectivity index (χ0) is 30.8. The fourth-order valence-electron chi connectivity index (χ4n) is 4.71. The van der Waals surface area contributed by atoms with Gasteiger partial charge in [0.1, 0.15) is 16.8 Å². The summed E-state index contributed by atoms with van der Waals surface area (Å²) in [5.74, 6) is 0.170. The monoisotopic (exact) mass is 626 g/mol. The molecule has 0 saturated carbocycles. The predicted octanol–water partition coefficient (Wildman–Crippen LogP) is 6.20. The normalized spacial score (nSPS) is 11.4. The van der Waals surface area contributed by atoms with Crippen molar-refractivity contribution in [2.45, 2.75) is 25.3 Å². The molecule has 0 aliphatic heterocycles. The highest BCUT2D eigenvalue weighted by atomic mass is 32.2. The first-order chi connectivity index (χ1) is 21.2. The summed E-state index contributed by atoms with van der Waals surface area (Å²) in [7, 11) is -2.42. The number of aromatic nitrogens is 4. The number of carbonyl (C=O) groups excluding carboxylic acids is 1. The second kappa shape index (κ2) is 11.9. The molecule has 6 aromatic rings. The molecule has 0 fully saturated rings. The van der Waals surface area contributed by atoms with Crippen LogP contribution in [0.3, 0.4) is 0 Å². The molecule has 222 valence electrons. The second-order valence-corrected chi connectivity index (χ2v) is 12.4. The smallest absolute Gasteiger partial charge is 0.267 e. The van der Waals surface area contributed by atoms with Gasteiger partial charge in [-0.3, -0.25) is 4.79 Å². The van der Waals surface area contributed by atoms with Gasteiger partial charge in [-0.25, -0.2) is 18.1 Å². The summed E-state index contributed by atoms with van der Waals surface area (Å²) < 4.78 is 44.7. The van der Waals surface area contributed by atoms with Gasteiger partial charge in [0.15, 0.2) is 0 Å². The van der Waals surface area contributed by atoms with Crippen molar-refractivity contribution in [1.29, 1.82) is 0 Å². The van der Waals surface area contributed by atoms with Gasteiger partial charge < -0.3 is 13.8 Å². The van der Waals surface area contributed by atoms with Crippen LogP contribution in [0, 0.1) is 13.8 Å². The number of rotatable bonds is 9. The molecule has 1 N–H and O–H groups in total. The Morgan fingerprint density at radius 1 is 0.977 bits per heavy atom. The molecular formula is C31H26N6O5S2. The van der Waals surface area contributed by atoms with Gasteiger partial charge in [-0.1, -0.05) is 64.2 Å². The van der Waals surface area contributed by atoms with Crippen LogP contribution in [-0.4, -0.2) is 46.0 Å². The average Bonchev–Trinajstić information content (AvgIpc) is 3.81. The first kappa shape index (κ1) is 29.0. The van der Waals surface area contributed by atoms with E-state index in [0.29, 0.717) is 50.0 Å². The van der Waals surface area contributed by atoms with E-state index in [-0.39, 0.29) is 23.2 Å². The second-order valence-electron chi connectivity index (χ2n) is 10.0. The molecule has 3 aromatic carbocycles. The Morgan fingerprint density at radius 2 is 1.75 bits per heavy atom. The summed E-state index contributed by atoms with van der Waals surface area (Å²) in [6.07, 6.45) is 3.02. The minimum absolute atomic E-state index is 0.0329. The molecule has 0 radical (unpaired) electrons. The number of hydrogen-bond donors (Lipinski definition) is 1. The van der Waals surface area contributed by atoms with E-state index in [9.17, 15) is 13.2 Å². The third-order valence-corrected chi connectivity index (χ3v) is 9.22. The third kappa shape index (κ3) is 5.62. The van der Waals surface area contributed by atoms with E-state index in [1.807, 2.05) is 36.4 Å². The lowest BCUT2D eigenvalue weighted by atomic mass is 9.96. The standard InChI is InChI=1S/C31H26N6O5S2/c1-19-20(2)34-42-29(19)35-44(39,40)26-12-8-7-11-25(26)24-14-13-22(30-32-15-16-41-30)17-23(24)18-37(3)31(38)28-27(33-36-43-28)21-9-5-4-6-10-21/h4-17,35H,18H2,1-3H3. The highest BCUT2D eigenvalue weighted by Crippen LogP contribution is 2.35. The maximum absolute atomic E-state index is 13.7. The number of aryl methyl sites for hydroxylation is 1. The molecule has 0 saturated heterocycles. The summed E-state index contributed by atoms with van der Waals surface area (Å²) in [5, 5.41) is 8.06. The molecule has 6 rings (SSSR count). The van der Waals surface area contributed by atoms with Gasteiger partial charge in [-0.15, -0.1) is 5.10 Å². The molecule has 11 nitrogen and oxygen atoms in total. The maximum Gasteiger partial charge on any atom is 0.267 e. The summed E-state index contributed by atoms with van der Waals surface area (Å²) in [4.78, 5) is 20.0. The van der Waals surface area contributed by atoms with Crippen LogP contribution < -0.4 is 4.72 Å². The lowest BCUT2D eigenvalue weighted by molar-refractivity contribution is 0.0790. The number of anilines is 1. The first-order valence-corrected chi connectivity index (χ1v) is 15.7. The molecule has 1 amide bonds. The highest BCUT2D eigenvalue weighted by molar-refractivity contribution is 7.92. The van der Waals surface area contributed by atoms with E-state index in [0.717, 1.165) is 17.1 Å². The quantitative estimate of drug-likeness (QED) is 0.198. The fraction of sp³-hybridized carbons (Fsp3) is 0.129. The van der Waals surface area contributed by atoms with Crippen LogP contribution in [-0.2, 0) is 16.6 Å². The molecule has 3 aromatic heterocycles. The average molecular weight is 627 g/mol. The van der Waals surface area contributed by atoms with E-state index in [1.54, 1.807) is 62.3 Å². The van der Waals surface area contributed by atoms with Crippen LogP contribution in [0.1, 0.15) is 26.5 Å². The van der Waals surface area contributed by atoms with Crippen LogP contribution in [0.4, 0.5) is 5.88 Å². The van der Waals surface area contributed by atoms with E-state index >= 15 is 0 Å². The number of nitrogens with one attached hydrogen (secondary N) is 1. The number of sulfonamides is 1. The molecule has 0 aliphatic carbocycles. The van der Waals surface area contributed by atoms with Crippen molar-refractivity contribution >= 4 is 33.3 Å². The van der Waals surface area contributed by atoms with E-state index in [2.05, 4.69) is 24.4 Å². The van der Waals surface area contributed by atoms with E-state index in [4.69, 9.17) is 8.94 Å². The molecule has 0 aliphatic rings. The Hall–Kier alpha value is -5.14. The zero-order valence-corrected chi connectivity index (χ0v) is 25.5. The highest BCUT2D eigenvalue weighted by Gasteiger charge is 2.26. The first-order valence-electron chi connectivity index (χ1n) is 13.4. The Morgan fingerprint density at radius 3 is 2.48 bits per heavy atom. The summed E-state index contributed by atoms with van der Waals surface area (Å²) in [6.45, 7) is 3.59. The Labute approximate surface area is 257 Å². The van der Waals surface area contributed by atoms with Crippen LogP contribution in [0.15, 0.2) is 99.1 Å². The molecule has 0 unspecified atom stereocenters. The summed E-state index contributed by atoms with van der Waals surface area (Å²) in [6, 6.07) is 21.5. The molecule has 0 bridgehead atoms. The summed E-state index contributed by atoms with van der Waals surface area (Å²) >= 11 is 1.02. The number of carbonyl (C=O) groups is 1. The number of hydrogen-bond acceptors (Lipinski definition) is 10. The third-order valence-electron chi connectivity index (χ3n) is 7.12. The zero-order valence-electron chi connectivity index (χ0n) is 23.9. The van der Waals surface area contributed by atoms with Gasteiger partial charge in [0, 0.05) is 35.8 Å². The van der Waals surface area contributed by atoms with Crippen LogP contribution in [0.2, 0.25) is 0 Å². The molecule has 3 heterocycles. The van der Waals surface area contributed by atoms with Gasteiger partial charge in [0.2, 0.25) is 11.8 Å². The van der Waals surface area contributed by atoms with Gasteiger partial charge in [-0.05, 0) is 54.7 Å². The predicted molar refractivity (Wildman–Crippen MR) is 165 cm³/mol. The number of oxazole rings is 1. The van der Waals surface area contributed by atoms with Crippen molar-refractivity contribution in [3.63, 3.8) is 0 Å². The van der Waals surface area contributed by atoms with Crippen molar-refractivity contribution in [2.75, 3.05) is 11.8 Å². The van der Waals surface area contributed by atoms with Gasteiger partial charge in [-0.2, -0.15) is 0 Å². The van der Waals surface area contributed by atoms with Gasteiger partial charge in [0.25, 0.3) is 15.9 Å². The van der Waals surface area contributed by atoms with E-state index < -0.39 is 10.0 Å². The number of benzene rings is 3. The topological polar surface area (TPSA) is 144 Å². The Kier molecular flexibility index (Phi) is 7.80. The maximum atomic E-state index is 13.7.